The number of nitrogens with zero attached hydrogens (tertiary/aromatic N) is 3. The van der Waals surface area contributed by atoms with Gasteiger partial charge in [0.15, 0.2) is 0 Å². The number of aliphatic hydroxyl groups excluding tert-OH is 1. The molecule has 164 valence electrons. The lowest BCUT2D eigenvalue weighted by atomic mass is 10.0. The lowest BCUT2D eigenvalue weighted by Crippen LogP contribution is -2.27. The maximum atomic E-state index is 11.0. The summed E-state index contributed by atoms with van der Waals surface area (Å²) in [6.45, 7) is 2.59. The molecular weight excluding hydrogens is 408 g/mol. The van der Waals surface area contributed by atoms with Crippen LogP contribution in [-0.4, -0.2) is 19.2 Å². The number of rotatable bonds is 6. The summed E-state index contributed by atoms with van der Waals surface area (Å²) in [7, 11) is 0. The van der Waals surface area contributed by atoms with Crippen molar-refractivity contribution in [1.82, 2.24) is 14.1 Å². The summed E-state index contributed by atoms with van der Waals surface area (Å²) in [6, 6.07) is 29.6. The Balaban J connectivity index is 1.65. The van der Waals surface area contributed by atoms with Gasteiger partial charge in [-0.3, -0.25) is 5.41 Å². The summed E-state index contributed by atoms with van der Waals surface area (Å²) in [4.78, 5) is 4.78. The van der Waals surface area contributed by atoms with Crippen molar-refractivity contribution in [1.29, 1.82) is 5.41 Å². The highest BCUT2D eigenvalue weighted by Gasteiger charge is 2.21. The molecule has 2 atom stereocenters. The number of nitrogens with one attached hydrogen (secondary N) is 1. The first-order valence-electron chi connectivity index (χ1n) is 11.1. The van der Waals surface area contributed by atoms with Crippen LogP contribution in [0.1, 0.15) is 30.2 Å². The lowest BCUT2D eigenvalue weighted by Gasteiger charge is -2.22. The lowest BCUT2D eigenvalue weighted by molar-refractivity contribution is 0.119. The van der Waals surface area contributed by atoms with Gasteiger partial charge in [-0.2, -0.15) is 0 Å². The highest BCUT2D eigenvalue weighted by Crippen LogP contribution is 2.30. The number of hydrogen-bond acceptors (Lipinski definition) is 3. The van der Waals surface area contributed by atoms with E-state index in [1.54, 1.807) is 10.9 Å². The minimum atomic E-state index is -0.744. The molecule has 0 radical (unpaired) electrons. The fourth-order valence-corrected chi connectivity index (χ4v) is 4.35. The van der Waals surface area contributed by atoms with Gasteiger partial charge in [-0.15, -0.1) is 0 Å². The second-order valence-corrected chi connectivity index (χ2v) is 8.32. The van der Waals surface area contributed by atoms with Gasteiger partial charge in [0.25, 0.3) is 0 Å². The van der Waals surface area contributed by atoms with Crippen molar-refractivity contribution in [2.75, 3.05) is 0 Å². The molecule has 0 fully saturated rings. The molecule has 3 aromatic carbocycles. The first-order valence-corrected chi connectivity index (χ1v) is 11.1. The Morgan fingerprint density at radius 3 is 2.15 bits per heavy atom. The van der Waals surface area contributed by atoms with E-state index in [4.69, 9.17) is 10.4 Å². The van der Waals surface area contributed by atoms with E-state index < -0.39 is 6.10 Å². The zero-order valence-corrected chi connectivity index (χ0v) is 18.5. The summed E-state index contributed by atoms with van der Waals surface area (Å²) < 4.78 is 3.87. The second kappa shape index (κ2) is 8.88. The second-order valence-electron chi connectivity index (χ2n) is 8.32. The molecule has 0 amide bonds. The van der Waals surface area contributed by atoms with Crippen molar-refractivity contribution in [2.45, 2.75) is 25.6 Å². The van der Waals surface area contributed by atoms with Crippen LogP contribution in [0.4, 0.5) is 0 Å². The molecular formula is C28H26N4O. The van der Waals surface area contributed by atoms with E-state index in [1.165, 1.54) is 5.56 Å². The van der Waals surface area contributed by atoms with Crippen LogP contribution in [0.25, 0.3) is 22.2 Å². The number of hydrogen-bond donors (Lipinski definition) is 2. The van der Waals surface area contributed by atoms with Crippen molar-refractivity contribution in [3.63, 3.8) is 0 Å². The average molecular weight is 435 g/mol. The zero-order chi connectivity index (χ0) is 22.8. The van der Waals surface area contributed by atoms with Crippen LogP contribution in [0.2, 0.25) is 0 Å². The quantitative estimate of drug-likeness (QED) is 0.379. The third-order valence-electron chi connectivity index (χ3n) is 6.17. The van der Waals surface area contributed by atoms with E-state index in [0.29, 0.717) is 12.0 Å². The Morgan fingerprint density at radius 2 is 1.48 bits per heavy atom. The van der Waals surface area contributed by atoms with Gasteiger partial charge >= 0.3 is 0 Å². The predicted octanol–water partition coefficient (Wildman–Crippen LogP) is 5.33. The maximum absolute atomic E-state index is 11.0. The molecule has 0 aliphatic rings. The highest BCUT2D eigenvalue weighted by molar-refractivity contribution is 5.93. The van der Waals surface area contributed by atoms with E-state index in [-0.39, 0.29) is 6.04 Å². The molecule has 0 unspecified atom stereocenters. The van der Waals surface area contributed by atoms with Crippen LogP contribution >= 0.6 is 0 Å². The first kappa shape index (κ1) is 20.9. The van der Waals surface area contributed by atoms with Crippen molar-refractivity contribution >= 4 is 11.0 Å². The molecule has 0 bridgehead atoms. The Hall–Kier alpha value is -3.96. The smallest absolute Gasteiger partial charge is 0.146 e. The van der Waals surface area contributed by atoms with Crippen molar-refractivity contribution < 1.29 is 5.11 Å². The molecule has 5 rings (SSSR count). The van der Waals surface area contributed by atoms with Gasteiger partial charge in [-0.1, -0.05) is 91.0 Å². The molecule has 5 aromatic rings. The van der Waals surface area contributed by atoms with Gasteiger partial charge in [0, 0.05) is 18.3 Å². The molecule has 0 spiro atoms. The molecule has 5 heteroatoms. The fourth-order valence-electron chi connectivity index (χ4n) is 4.35. The average Bonchev–Trinajstić information content (AvgIpc) is 3.24. The monoisotopic (exact) mass is 434 g/mol. The molecule has 0 aliphatic carbocycles. The molecule has 5 nitrogen and oxygen atoms in total. The minimum Gasteiger partial charge on any atom is -0.386 e. The van der Waals surface area contributed by atoms with E-state index in [2.05, 4.69) is 35.0 Å². The molecule has 0 aliphatic heterocycles. The number of aromatic nitrogens is 3. The van der Waals surface area contributed by atoms with E-state index in [1.807, 2.05) is 73.7 Å². The molecule has 0 saturated heterocycles. The first-order chi connectivity index (χ1) is 16.1. The van der Waals surface area contributed by atoms with Gasteiger partial charge in [0.2, 0.25) is 0 Å². The fraction of sp³-hybridized carbons (Fsp3) is 0.143. The number of aliphatic hydroxyl groups is 1. The van der Waals surface area contributed by atoms with Gasteiger partial charge < -0.3 is 14.2 Å². The van der Waals surface area contributed by atoms with Gasteiger partial charge in [-0.05, 0) is 23.6 Å². The van der Waals surface area contributed by atoms with Gasteiger partial charge in [0.1, 0.15) is 11.1 Å². The van der Waals surface area contributed by atoms with Crippen molar-refractivity contribution in [3.8, 4) is 11.1 Å². The Labute approximate surface area is 192 Å². The Kier molecular flexibility index (Phi) is 5.63. The Morgan fingerprint density at radius 1 is 0.879 bits per heavy atom. The molecule has 33 heavy (non-hydrogen) atoms. The third kappa shape index (κ3) is 3.99. The molecule has 2 N–H and O–H groups in total. The van der Waals surface area contributed by atoms with E-state index in [9.17, 15) is 5.11 Å². The molecule has 2 aromatic heterocycles. The maximum Gasteiger partial charge on any atom is 0.146 e. The standard InChI is InChI=1S/C28H26N4O/c1-20(26(33)23-15-9-4-10-16-23)32-19-30-28-25(27(32)29)24(22-13-7-3-8-14-22)18-31(28)17-21-11-5-2-6-12-21/h2-16,18-20,26,29,33H,17H2,1H3/t20-,26-/m1/s1. The van der Waals surface area contributed by atoms with E-state index in [0.717, 1.165) is 27.7 Å². The number of benzene rings is 3. The van der Waals surface area contributed by atoms with Gasteiger partial charge in [-0.25, -0.2) is 4.98 Å². The molecule has 0 saturated carbocycles. The summed E-state index contributed by atoms with van der Waals surface area (Å²) in [6.07, 6.45) is 3.02. The largest absolute Gasteiger partial charge is 0.386 e. The number of fused-ring (bicyclic) bond motifs is 1. The predicted molar refractivity (Wildman–Crippen MR) is 131 cm³/mol. The Bertz CT molecular complexity index is 1420. The van der Waals surface area contributed by atoms with Crippen molar-refractivity contribution in [3.05, 3.63) is 120 Å². The summed E-state index contributed by atoms with van der Waals surface area (Å²) in [5.74, 6) is 0. The van der Waals surface area contributed by atoms with Crippen molar-refractivity contribution in [2.24, 2.45) is 0 Å². The topological polar surface area (TPSA) is 66.8 Å². The van der Waals surface area contributed by atoms with Crippen LogP contribution in [0.5, 0.6) is 0 Å². The van der Waals surface area contributed by atoms with Crippen LogP contribution in [0.3, 0.4) is 0 Å². The van der Waals surface area contributed by atoms with Crippen LogP contribution in [-0.2, 0) is 6.54 Å². The minimum absolute atomic E-state index is 0.341. The van der Waals surface area contributed by atoms with E-state index >= 15 is 0 Å². The van der Waals surface area contributed by atoms with Crippen LogP contribution in [0, 0.1) is 5.41 Å². The van der Waals surface area contributed by atoms with Gasteiger partial charge in [0.05, 0.1) is 23.9 Å². The third-order valence-corrected chi connectivity index (χ3v) is 6.17. The summed E-state index contributed by atoms with van der Waals surface area (Å²) in [5.41, 5.74) is 5.11. The summed E-state index contributed by atoms with van der Waals surface area (Å²) in [5, 5.41) is 20.9. The van der Waals surface area contributed by atoms with Crippen LogP contribution in [0.15, 0.2) is 104 Å². The summed E-state index contributed by atoms with van der Waals surface area (Å²) >= 11 is 0. The molecule has 2 heterocycles. The highest BCUT2D eigenvalue weighted by atomic mass is 16.3. The normalized spacial score (nSPS) is 13.2. The van der Waals surface area contributed by atoms with Crippen LogP contribution < -0.4 is 5.49 Å². The zero-order valence-electron chi connectivity index (χ0n) is 18.5. The SMILES string of the molecule is C[C@H]([C@@H](O)c1ccccc1)n1cnc2c(c(-c3ccccc3)cn2Cc2ccccc2)c1=N.